The second-order valence-corrected chi connectivity index (χ2v) is 5.27. The van der Waals surface area contributed by atoms with E-state index in [0.29, 0.717) is 25.6 Å². The predicted molar refractivity (Wildman–Crippen MR) is 72.2 cm³/mol. The lowest BCUT2D eigenvalue weighted by Gasteiger charge is -2.34. The maximum absolute atomic E-state index is 12.3. The van der Waals surface area contributed by atoms with Crippen LogP contribution in [0.4, 0.5) is 0 Å². The molecule has 1 fully saturated rings. The van der Waals surface area contributed by atoms with Crippen LogP contribution in [-0.4, -0.2) is 47.6 Å². The van der Waals surface area contributed by atoms with Crippen molar-refractivity contribution in [2.45, 2.75) is 6.04 Å². The summed E-state index contributed by atoms with van der Waals surface area (Å²) < 4.78 is 6.02. The normalized spacial score (nSPS) is 19.9. The number of halogens is 2. The van der Waals surface area contributed by atoms with E-state index in [0.717, 1.165) is 4.47 Å². The van der Waals surface area contributed by atoms with E-state index >= 15 is 0 Å². The van der Waals surface area contributed by atoms with Crippen molar-refractivity contribution in [3.8, 4) is 5.75 Å². The minimum absolute atomic E-state index is 0.0332. The van der Waals surface area contributed by atoms with Crippen LogP contribution in [0.5, 0.6) is 5.75 Å². The fourth-order valence-electron chi connectivity index (χ4n) is 1.89. The van der Waals surface area contributed by atoms with Gasteiger partial charge in [-0.05, 0) is 18.2 Å². The summed E-state index contributed by atoms with van der Waals surface area (Å²) in [5.74, 6) is 0.0754. The van der Waals surface area contributed by atoms with E-state index in [2.05, 4.69) is 15.9 Å². The van der Waals surface area contributed by atoms with Gasteiger partial charge in [0.15, 0.2) is 0 Å². The molecule has 4 nitrogen and oxygen atoms in total. The number of aromatic hydroxyl groups is 1. The van der Waals surface area contributed by atoms with Crippen molar-refractivity contribution in [1.29, 1.82) is 0 Å². The Morgan fingerprint density at radius 2 is 2.39 bits per heavy atom. The molecule has 1 atom stereocenters. The molecule has 0 bridgehead atoms. The maximum Gasteiger partial charge on any atom is 0.258 e. The quantitative estimate of drug-likeness (QED) is 0.844. The molecule has 6 heteroatoms. The van der Waals surface area contributed by atoms with Crippen molar-refractivity contribution >= 4 is 33.4 Å². The number of hydrogen-bond acceptors (Lipinski definition) is 3. The van der Waals surface area contributed by atoms with Crippen molar-refractivity contribution in [2.75, 3.05) is 25.6 Å². The standard InChI is InChI=1S/C12H13BrClNO3/c13-8-1-2-10(11(16)5-8)12(17)15-3-4-18-7-9(15)6-14/h1-2,5,9,16H,3-4,6-7H2. The second kappa shape index (κ2) is 5.91. The maximum atomic E-state index is 12.3. The van der Waals surface area contributed by atoms with Gasteiger partial charge >= 0.3 is 0 Å². The van der Waals surface area contributed by atoms with Gasteiger partial charge in [-0.25, -0.2) is 0 Å². The zero-order valence-corrected chi connectivity index (χ0v) is 11.9. The third-order valence-electron chi connectivity index (χ3n) is 2.86. The Hall–Kier alpha value is -0.780. The number of ether oxygens (including phenoxy) is 1. The molecule has 1 amide bonds. The summed E-state index contributed by atoms with van der Waals surface area (Å²) in [6.45, 7) is 1.43. The third-order valence-corrected chi connectivity index (χ3v) is 3.71. The van der Waals surface area contributed by atoms with Crippen molar-refractivity contribution in [3.63, 3.8) is 0 Å². The fourth-order valence-corrected chi connectivity index (χ4v) is 2.50. The number of carbonyl (C=O) groups excluding carboxylic acids is 1. The van der Waals surface area contributed by atoms with E-state index in [9.17, 15) is 9.90 Å². The van der Waals surface area contributed by atoms with Crippen LogP contribution < -0.4 is 0 Å². The van der Waals surface area contributed by atoms with Crippen LogP contribution >= 0.6 is 27.5 Å². The van der Waals surface area contributed by atoms with Gasteiger partial charge in [-0.15, -0.1) is 11.6 Å². The molecule has 1 aromatic rings. The number of benzene rings is 1. The molecule has 18 heavy (non-hydrogen) atoms. The molecule has 0 radical (unpaired) electrons. The minimum Gasteiger partial charge on any atom is -0.507 e. The molecule has 0 saturated carbocycles. The van der Waals surface area contributed by atoms with E-state index in [-0.39, 0.29) is 23.3 Å². The van der Waals surface area contributed by atoms with Crippen LogP contribution in [-0.2, 0) is 4.74 Å². The van der Waals surface area contributed by atoms with E-state index in [4.69, 9.17) is 16.3 Å². The number of nitrogens with zero attached hydrogens (tertiary/aromatic N) is 1. The summed E-state index contributed by atoms with van der Waals surface area (Å²) in [6.07, 6.45) is 0. The van der Waals surface area contributed by atoms with Gasteiger partial charge in [0, 0.05) is 16.9 Å². The van der Waals surface area contributed by atoms with Gasteiger partial charge in [0.1, 0.15) is 5.75 Å². The summed E-state index contributed by atoms with van der Waals surface area (Å²) in [7, 11) is 0. The summed E-state index contributed by atoms with van der Waals surface area (Å²) in [6, 6.07) is 4.69. The number of phenolic OH excluding ortho intramolecular Hbond substituents is 1. The first kappa shape index (κ1) is 13.6. The number of hydrogen-bond donors (Lipinski definition) is 1. The SMILES string of the molecule is O=C(c1ccc(Br)cc1O)N1CCOCC1CCl. The Labute approximate surface area is 119 Å². The topological polar surface area (TPSA) is 49.8 Å². The highest BCUT2D eigenvalue weighted by atomic mass is 79.9. The molecule has 1 heterocycles. The Kier molecular flexibility index (Phi) is 4.48. The first-order chi connectivity index (χ1) is 8.63. The van der Waals surface area contributed by atoms with Crippen LogP contribution in [0.15, 0.2) is 22.7 Å². The van der Waals surface area contributed by atoms with Crippen LogP contribution in [0.25, 0.3) is 0 Å². The van der Waals surface area contributed by atoms with Gasteiger partial charge in [-0.1, -0.05) is 15.9 Å². The molecule has 1 aromatic carbocycles. The summed E-state index contributed by atoms with van der Waals surface area (Å²) >= 11 is 9.07. The van der Waals surface area contributed by atoms with E-state index in [1.54, 1.807) is 17.0 Å². The lowest BCUT2D eigenvalue weighted by Crippen LogP contribution is -2.49. The van der Waals surface area contributed by atoms with E-state index in [1.165, 1.54) is 6.07 Å². The largest absolute Gasteiger partial charge is 0.507 e. The van der Waals surface area contributed by atoms with Gasteiger partial charge in [0.25, 0.3) is 5.91 Å². The highest BCUT2D eigenvalue weighted by Gasteiger charge is 2.28. The average molecular weight is 335 g/mol. The number of amides is 1. The minimum atomic E-state index is -0.214. The molecule has 0 aliphatic carbocycles. The summed E-state index contributed by atoms with van der Waals surface area (Å²) in [4.78, 5) is 14.0. The highest BCUT2D eigenvalue weighted by Crippen LogP contribution is 2.25. The Morgan fingerprint density at radius 1 is 1.61 bits per heavy atom. The number of morpholine rings is 1. The van der Waals surface area contributed by atoms with Crippen LogP contribution in [0.3, 0.4) is 0 Å². The Bertz CT molecular complexity index is 455. The molecule has 0 aromatic heterocycles. The predicted octanol–water partition coefficient (Wildman–Crippen LogP) is 2.23. The van der Waals surface area contributed by atoms with Crippen LogP contribution in [0.1, 0.15) is 10.4 Å². The molecule has 2 rings (SSSR count). The van der Waals surface area contributed by atoms with Gasteiger partial charge in [-0.3, -0.25) is 4.79 Å². The van der Waals surface area contributed by atoms with Gasteiger partial charge in [0.2, 0.25) is 0 Å². The fraction of sp³-hybridized carbons (Fsp3) is 0.417. The van der Waals surface area contributed by atoms with Crippen LogP contribution in [0, 0.1) is 0 Å². The van der Waals surface area contributed by atoms with Crippen molar-refractivity contribution in [2.24, 2.45) is 0 Å². The number of alkyl halides is 1. The zero-order valence-electron chi connectivity index (χ0n) is 9.60. The summed E-state index contributed by atoms with van der Waals surface area (Å²) in [5, 5.41) is 9.81. The lowest BCUT2D eigenvalue weighted by atomic mass is 10.1. The Balaban J connectivity index is 2.24. The van der Waals surface area contributed by atoms with Gasteiger partial charge in [0.05, 0.1) is 24.8 Å². The van der Waals surface area contributed by atoms with Gasteiger partial charge < -0.3 is 14.7 Å². The van der Waals surface area contributed by atoms with E-state index < -0.39 is 0 Å². The first-order valence-corrected chi connectivity index (χ1v) is 6.89. The van der Waals surface area contributed by atoms with Crippen molar-refractivity contribution in [1.82, 2.24) is 4.90 Å². The first-order valence-electron chi connectivity index (χ1n) is 5.56. The molecule has 0 spiro atoms. The van der Waals surface area contributed by atoms with Gasteiger partial charge in [-0.2, -0.15) is 0 Å². The average Bonchev–Trinajstić information content (AvgIpc) is 2.38. The summed E-state index contributed by atoms with van der Waals surface area (Å²) in [5.41, 5.74) is 0.287. The smallest absolute Gasteiger partial charge is 0.258 e. The Morgan fingerprint density at radius 3 is 3.06 bits per heavy atom. The molecule has 98 valence electrons. The molecule has 1 aliphatic heterocycles. The number of phenols is 1. The van der Waals surface area contributed by atoms with Crippen molar-refractivity contribution in [3.05, 3.63) is 28.2 Å². The van der Waals surface area contributed by atoms with E-state index in [1.807, 2.05) is 0 Å². The molecule has 1 unspecified atom stereocenters. The molecular formula is C12H13BrClNO3. The molecule has 1 aliphatic rings. The lowest BCUT2D eigenvalue weighted by molar-refractivity contribution is 0.00441. The molecule has 1 saturated heterocycles. The third kappa shape index (κ3) is 2.79. The van der Waals surface area contributed by atoms with Crippen LogP contribution in [0.2, 0.25) is 0 Å². The number of rotatable bonds is 2. The second-order valence-electron chi connectivity index (χ2n) is 4.04. The molecular weight excluding hydrogens is 321 g/mol. The molecule has 1 N–H and O–H groups in total. The zero-order chi connectivity index (χ0) is 13.1. The highest BCUT2D eigenvalue weighted by molar-refractivity contribution is 9.10. The van der Waals surface area contributed by atoms with Crippen molar-refractivity contribution < 1.29 is 14.6 Å². The number of carbonyl (C=O) groups is 1. The monoisotopic (exact) mass is 333 g/mol.